The maximum absolute atomic E-state index is 11.9. The molecule has 0 bridgehead atoms. The van der Waals surface area contributed by atoms with Crippen LogP contribution in [-0.2, 0) is 0 Å². The lowest BCUT2D eigenvalue weighted by atomic mass is 10.2. The van der Waals surface area contributed by atoms with Crippen LogP contribution >= 0.6 is 15.9 Å². The van der Waals surface area contributed by atoms with E-state index < -0.39 is 8.07 Å². The van der Waals surface area contributed by atoms with Crippen molar-refractivity contribution in [3.63, 3.8) is 0 Å². The summed E-state index contributed by atoms with van der Waals surface area (Å²) in [7, 11) is -1.70. The lowest BCUT2D eigenvalue weighted by Gasteiger charge is -2.14. The zero-order valence-corrected chi connectivity index (χ0v) is 10.7. The molecular weight excluding hydrogens is 244 g/mol. The quantitative estimate of drug-likeness (QED) is 0.741. The minimum absolute atomic E-state index is 0.306. The molecule has 0 aliphatic heterocycles. The molecule has 0 heterocycles. The van der Waals surface area contributed by atoms with E-state index in [4.69, 9.17) is 0 Å². The van der Waals surface area contributed by atoms with Crippen molar-refractivity contribution in [1.82, 2.24) is 0 Å². The zero-order chi connectivity index (χ0) is 10.1. The summed E-state index contributed by atoms with van der Waals surface area (Å²) in [6.45, 7) is 6.19. The number of rotatable bonds is 2. The van der Waals surface area contributed by atoms with Crippen molar-refractivity contribution >= 4 is 29.4 Å². The van der Waals surface area contributed by atoms with Gasteiger partial charge in [0, 0.05) is 10.0 Å². The van der Waals surface area contributed by atoms with E-state index in [2.05, 4.69) is 35.6 Å². The molecule has 0 saturated carbocycles. The Morgan fingerprint density at radius 2 is 1.77 bits per heavy atom. The fraction of sp³-hybridized carbons (Fsp3) is 0.300. The normalized spacial score (nSPS) is 11.4. The standard InChI is InChI=1S/C10H13BrOSi/c1-13(2,3)10(12)8-6-4-5-7-9(8)11/h4-7H,1-3H3. The Morgan fingerprint density at radius 1 is 1.23 bits per heavy atom. The van der Waals surface area contributed by atoms with Gasteiger partial charge in [-0.15, -0.1) is 0 Å². The van der Waals surface area contributed by atoms with Crippen LogP contribution in [0.25, 0.3) is 0 Å². The van der Waals surface area contributed by atoms with Gasteiger partial charge >= 0.3 is 0 Å². The summed E-state index contributed by atoms with van der Waals surface area (Å²) in [6, 6.07) is 7.61. The smallest absolute Gasteiger partial charge is 0.140 e. The second kappa shape index (κ2) is 3.76. The van der Waals surface area contributed by atoms with E-state index in [-0.39, 0.29) is 0 Å². The van der Waals surface area contributed by atoms with Gasteiger partial charge in [0.05, 0.1) is 0 Å². The first kappa shape index (κ1) is 10.7. The van der Waals surface area contributed by atoms with Gasteiger partial charge in [-0.2, -0.15) is 0 Å². The van der Waals surface area contributed by atoms with Crippen molar-refractivity contribution in [2.75, 3.05) is 0 Å². The molecule has 0 aliphatic carbocycles. The Bertz CT molecular complexity index is 328. The molecule has 0 N–H and O–H groups in total. The fourth-order valence-corrected chi connectivity index (χ4v) is 2.72. The molecule has 1 rings (SSSR count). The molecule has 0 spiro atoms. The van der Waals surface area contributed by atoms with Crippen molar-refractivity contribution in [3.8, 4) is 0 Å². The van der Waals surface area contributed by atoms with E-state index in [1.807, 2.05) is 24.3 Å². The average molecular weight is 257 g/mol. The van der Waals surface area contributed by atoms with Gasteiger partial charge in [0.1, 0.15) is 13.5 Å². The lowest BCUT2D eigenvalue weighted by molar-refractivity contribution is 0.106. The van der Waals surface area contributed by atoms with Crippen LogP contribution in [0, 0.1) is 0 Å². The van der Waals surface area contributed by atoms with Crippen molar-refractivity contribution in [1.29, 1.82) is 0 Å². The minimum atomic E-state index is -1.70. The number of benzene rings is 1. The van der Waals surface area contributed by atoms with Crippen LogP contribution in [0.2, 0.25) is 19.6 Å². The monoisotopic (exact) mass is 256 g/mol. The average Bonchev–Trinajstić information content (AvgIpc) is 2.02. The Kier molecular flexibility index (Phi) is 3.08. The topological polar surface area (TPSA) is 17.1 Å². The summed E-state index contributed by atoms with van der Waals surface area (Å²) < 4.78 is 0.905. The SMILES string of the molecule is C[Si](C)(C)C(=O)c1ccccc1Br. The van der Waals surface area contributed by atoms with Crippen LogP contribution in [0.5, 0.6) is 0 Å². The zero-order valence-electron chi connectivity index (χ0n) is 8.10. The molecule has 0 fully saturated rings. The van der Waals surface area contributed by atoms with Gasteiger partial charge in [-0.05, 0) is 6.07 Å². The molecule has 13 heavy (non-hydrogen) atoms. The molecule has 0 aliphatic rings. The van der Waals surface area contributed by atoms with Gasteiger partial charge in [0.25, 0.3) is 0 Å². The van der Waals surface area contributed by atoms with Crippen LogP contribution in [0.15, 0.2) is 28.7 Å². The van der Waals surface area contributed by atoms with Crippen molar-refractivity contribution < 1.29 is 4.79 Å². The summed E-state index contributed by atoms with van der Waals surface area (Å²) in [5, 5.41) is 0.306. The third kappa shape index (κ3) is 2.51. The molecule has 1 aromatic rings. The van der Waals surface area contributed by atoms with Crippen molar-refractivity contribution in [3.05, 3.63) is 34.3 Å². The highest BCUT2D eigenvalue weighted by Crippen LogP contribution is 2.20. The maximum atomic E-state index is 11.9. The van der Waals surface area contributed by atoms with E-state index in [1.165, 1.54) is 0 Å². The fourth-order valence-electron chi connectivity index (χ4n) is 1.05. The van der Waals surface area contributed by atoms with Crippen LogP contribution in [-0.4, -0.2) is 13.5 Å². The largest absolute Gasteiger partial charge is 0.300 e. The van der Waals surface area contributed by atoms with Gasteiger partial charge in [-0.1, -0.05) is 53.8 Å². The predicted molar refractivity (Wildman–Crippen MR) is 61.8 cm³/mol. The number of carbonyl (C=O) groups is 1. The van der Waals surface area contributed by atoms with E-state index in [0.29, 0.717) is 5.41 Å². The Hall–Kier alpha value is -0.413. The number of hydrogen-bond acceptors (Lipinski definition) is 1. The van der Waals surface area contributed by atoms with Crippen molar-refractivity contribution in [2.45, 2.75) is 19.6 Å². The lowest BCUT2D eigenvalue weighted by Crippen LogP contribution is -2.33. The van der Waals surface area contributed by atoms with Crippen LogP contribution in [0.1, 0.15) is 10.4 Å². The van der Waals surface area contributed by atoms with Crippen LogP contribution < -0.4 is 0 Å². The van der Waals surface area contributed by atoms with Gasteiger partial charge < -0.3 is 4.79 Å². The summed E-state index contributed by atoms with van der Waals surface area (Å²) in [5.74, 6) is 0. The van der Waals surface area contributed by atoms with E-state index in [0.717, 1.165) is 10.0 Å². The summed E-state index contributed by atoms with van der Waals surface area (Å²) in [5.41, 5.74) is 0.821. The molecule has 70 valence electrons. The molecule has 0 unspecified atom stereocenters. The molecule has 0 radical (unpaired) electrons. The second-order valence-electron chi connectivity index (χ2n) is 4.06. The number of hydrogen-bond donors (Lipinski definition) is 0. The first-order valence-corrected chi connectivity index (χ1v) is 8.51. The van der Waals surface area contributed by atoms with Crippen molar-refractivity contribution in [2.24, 2.45) is 0 Å². The minimum Gasteiger partial charge on any atom is -0.300 e. The summed E-state index contributed by atoms with van der Waals surface area (Å²) in [6.07, 6.45) is 0. The summed E-state index contributed by atoms with van der Waals surface area (Å²) >= 11 is 3.39. The first-order chi connectivity index (χ1) is 5.93. The molecule has 0 amide bonds. The second-order valence-corrected chi connectivity index (χ2v) is 9.87. The van der Waals surface area contributed by atoms with Gasteiger partial charge in [-0.3, -0.25) is 0 Å². The third-order valence-corrected chi connectivity index (χ3v) is 4.12. The van der Waals surface area contributed by atoms with Crippen LogP contribution in [0.3, 0.4) is 0 Å². The predicted octanol–water partition coefficient (Wildman–Crippen LogP) is 3.51. The Balaban J connectivity index is 3.10. The van der Waals surface area contributed by atoms with E-state index in [9.17, 15) is 4.79 Å². The molecule has 0 atom stereocenters. The molecule has 3 heteroatoms. The summed E-state index contributed by atoms with van der Waals surface area (Å²) in [4.78, 5) is 11.9. The van der Waals surface area contributed by atoms with E-state index >= 15 is 0 Å². The van der Waals surface area contributed by atoms with Gasteiger partial charge in [-0.25, -0.2) is 0 Å². The Labute approximate surface area is 88.3 Å². The van der Waals surface area contributed by atoms with Gasteiger partial charge in [0.2, 0.25) is 0 Å². The highest BCUT2D eigenvalue weighted by atomic mass is 79.9. The molecule has 0 aromatic heterocycles. The van der Waals surface area contributed by atoms with E-state index in [1.54, 1.807) is 0 Å². The highest BCUT2D eigenvalue weighted by Gasteiger charge is 2.26. The van der Waals surface area contributed by atoms with Gasteiger partial charge in [0.15, 0.2) is 0 Å². The third-order valence-electron chi connectivity index (χ3n) is 1.80. The molecule has 1 nitrogen and oxygen atoms in total. The Morgan fingerprint density at radius 3 is 2.23 bits per heavy atom. The highest BCUT2D eigenvalue weighted by molar-refractivity contribution is 9.10. The number of carbonyl (C=O) groups excluding carboxylic acids is 1. The van der Waals surface area contributed by atoms with Crippen LogP contribution in [0.4, 0.5) is 0 Å². The molecular formula is C10H13BrOSi. The maximum Gasteiger partial charge on any atom is 0.140 e. The molecule has 1 aromatic carbocycles. The first-order valence-electron chi connectivity index (χ1n) is 4.22. The molecule has 0 saturated heterocycles. The number of halogens is 1.